The van der Waals surface area contributed by atoms with E-state index >= 15 is 0 Å². The average Bonchev–Trinajstić information content (AvgIpc) is 4.09. The molecule has 0 radical (unpaired) electrons. The van der Waals surface area contributed by atoms with Crippen molar-refractivity contribution >= 4 is 87.7 Å². The largest absolute Gasteiger partial charge is 0.308 e. The first kappa shape index (κ1) is 34.8. The molecule has 8 nitrogen and oxygen atoms in total. The Morgan fingerprint density at radius 1 is 0.234 bits per heavy atom. The van der Waals surface area contributed by atoms with Gasteiger partial charge in [-0.15, -0.1) is 0 Å². The molecule has 8 heteroatoms. The van der Waals surface area contributed by atoms with Crippen molar-refractivity contribution in [1.29, 1.82) is 0 Å². The van der Waals surface area contributed by atoms with Gasteiger partial charge >= 0.3 is 0 Å². The van der Waals surface area contributed by atoms with Gasteiger partial charge in [0.2, 0.25) is 0 Å². The third-order valence-corrected chi connectivity index (χ3v) is 12.9. The van der Waals surface area contributed by atoms with Gasteiger partial charge in [-0.2, -0.15) is 0 Å². The van der Waals surface area contributed by atoms with Crippen LogP contribution >= 0.6 is 0 Å². The quantitative estimate of drug-likeness (QED) is 0.173. The molecule has 14 rings (SSSR count). The number of pyridine rings is 4. The number of rotatable bonds is 5. The Bertz CT molecular complexity index is 3470. The standard InChI is InChI=1S/C56H34N8/c1-5-17-45-41(13-1)53-49(21-9-25-57-53)61(45)37-29-35(30-38(33-37)62-46-18-6-2-14-42(46)54-50(62)22-10-26-58-54)36-31-39(63-47-19-7-3-15-43(47)55-51(63)23-11-27-59-55)34-40(32-36)64-48-20-8-4-16-44(48)56-52(64)24-12-28-60-56/h1-34H. The van der Waals surface area contributed by atoms with E-state index in [2.05, 4.69) is 176 Å². The van der Waals surface area contributed by atoms with Crippen molar-refractivity contribution in [2.45, 2.75) is 0 Å². The number of para-hydroxylation sites is 4. The fourth-order valence-electron chi connectivity index (χ4n) is 10.3. The van der Waals surface area contributed by atoms with Crippen LogP contribution < -0.4 is 0 Å². The zero-order valence-corrected chi connectivity index (χ0v) is 34.2. The minimum atomic E-state index is 0.968. The molecule has 298 valence electrons. The summed E-state index contributed by atoms with van der Waals surface area (Å²) in [5.74, 6) is 0. The van der Waals surface area contributed by atoms with Crippen LogP contribution in [0.1, 0.15) is 0 Å². The van der Waals surface area contributed by atoms with Crippen LogP contribution in [0.15, 0.2) is 207 Å². The Kier molecular flexibility index (Phi) is 7.23. The maximum absolute atomic E-state index is 4.92. The van der Waals surface area contributed by atoms with Gasteiger partial charge in [0.25, 0.3) is 0 Å². The Labute approximate surface area is 365 Å². The smallest absolute Gasteiger partial charge is 0.0963 e. The molecule has 0 spiro atoms. The minimum absolute atomic E-state index is 0.968. The van der Waals surface area contributed by atoms with Gasteiger partial charge in [0.1, 0.15) is 0 Å². The normalized spacial score (nSPS) is 12.1. The number of fused-ring (bicyclic) bond motifs is 12. The summed E-state index contributed by atoms with van der Waals surface area (Å²) in [6, 6.07) is 65.0. The second-order valence-corrected chi connectivity index (χ2v) is 16.4. The number of nitrogens with zero attached hydrogens (tertiary/aromatic N) is 8. The molecule has 6 aromatic carbocycles. The van der Waals surface area contributed by atoms with E-state index in [1.807, 2.05) is 49.1 Å². The molecule has 0 saturated heterocycles. The summed E-state index contributed by atoms with van der Waals surface area (Å²) in [5, 5.41) is 4.43. The van der Waals surface area contributed by atoms with E-state index in [9.17, 15) is 0 Å². The number of hydrogen-bond acceptors (Lipinski definition) is 4. The van der Waals surface area contributed by atoms with Crippen molar-refractivity contribution < 1.29 is 0 Å². The summed E-state index contributed by atoms with van der Waals surface area (Å²) in [6.07, 6.45) is 7.53. The number of hydrogen-bond donors (Lipinski definition) is 0. The topological polar surface area (TPSA) is 71.3 Å². The first-order valence-corrected chi connectivity index (χ1v) is 21.5. The summed E-state index contributed by atoms with van der Waals surface area (Å²) < 4.78 is 9.44. The van der Waals surface area contributed by atoms with E-state index in [0.717, 1.165) is 122 Å². The van der Waals surface area contributed by atoms with E-state index < -0.39 is 0 Å². The molecule has 0 unspecified atom stereocenters. The summed E-state index contributed by atoms with van der Waals surface area (Å²) in [7, 11) is 0. The zero-order valence-electron chi connectivity index (χ0n) is 34.2. The lowest BCUT2D eigenvalue weighted by Crippen LogP contribution is -2.02. The van der Waals surface area contributed by atoms with Gasteiger partial charge in [-0.1, -0.05) is 72.8 Å². The van der Waals surface area contributed by atoms with Crippen LogP contribution in [0.4, 0.5) is 0 Å². The first-order chi connectivity index (χ1) is 31.8. The summed E-state index contributed by atoms with van der Waals surface area (Å²) in [4.78, 5) is 19.7. The van der Waals surface area contributed by atoms with E-state index in [4.69, 9.17) is 19.9 Å². The SMILES string of the molecule is c1ccc2c(c1)c1ncccc1n2-c1cc(-c2cc(-n3c4ccccc4c4ncccc43)cc(-n3c4ccccc4c4ncccc43)c2)cc(-n2c3ccccc3c3ncccc32)c1. The second kappa shape index (κ2) is 13.3. The van der Waals surface area contributed by atoms with Gasteiger partial charge in [-0.3, -0.25) is 19.9 Å². The highest BCUT2D eigenvalue weighted by atomic mass is 15.0. The lowest BCUT2D eigenvalue weighted by atomic mass is 10.0. The van der Waals surface area contributed by atoms with Crippen LogP contribution in [0.5, 0.6) is 0 Å². The van der Waals surface area contributed by atoms with Crippen molar-refractivity contribution in [3.8, 4) is 33.9 Å². The van der Waals surface area contributed by atoms with Crippen LogP contribution in [0, 0.1) is 0 Å². The van der Waals surface area contributed by atoms with Crippen molar-refractivity contribution in [2.75, 3.05) is 0 Å². The third kappa shape index (κ3) is 4.93. The molecule has 0 amide bonds. The lowest BCUT2D eigenvalue weighted by Gasteiger charge is -2.18. The van der Waals surface area contributed by atoms with Crippen LogP contribution in [0.25, 0.3) is 122 Å². The summed E-state index contributed by atoms with van der Waals surface area (Å²) in [5.41, 5.74) is 18.6. The van der Waals surface area contributed by atoms with E-state index in [1.165, 1.54) is 0 Å². The third-order valence-electron chi connectivity index (χ3n) is 12.9. The maximum atomic E-state index is 4.92. The van der Waals surface area contributed by atoms with Crippen molar-refractivity contribution in [1.82, 2.24) is 38.2 Å². The van der Waals surface area contributed by atoms with Crippen LogP contribution in [0.2, 0.25) is 0 Å². The molecular formula is C56H34N8. The molecule has 8 aromatic heterocycles. The monoisotopic (exact) mass is 818 g/mol. The molecule has 0 aliphatic heterocycles. The van der Waals surface area contributed by atoms with E-state index in [1.54, 1.807) is 0 Å². The highest BCUT2D eigenvalue weighted by Gasteiger charge is 2.21. The van der Waals surface area contributed by atoms with Crippen LogP contribution in [-0.4, -0.2) is 38.2 Å². The molecule has 0 atom stereocenters. The lowest BCUT2D eigenvalue weighted by molar-refractivity contribution is 1.12. The molecule has 0 aliphatic carbocycles. The van der Waals surface area contributed by atoms with Crippen LogP contribution in [-0.2, 0) is 0 Å². The molecule has 0 N–H and O–H groups in total. The fourth-order valence-corrected chi connectivity index (χ4v) is 10.3. The highest BCUT2D eigenvalue weighted by molar-refractivity contribution is 6.10. The Morgan fingerprint density at radius 2 is 0.469 bits per heavy atom. The van der Waals surface area contributed by atoms with Crippen molar-refractivity contribution in [3.05, 3.63) is 207 Å². The minimum Gasteiger partial charge on any atom is -0.308 e. The van der Waals surface area contributed by atoms with E-state index in [0.29, 0.717) is 0 Å². The maximum Gasteiger partial charge on any atom is 0.0963 e. The molecule has 0 saturated carbocycles. The van der Waals surface area contributed by atoms with E-state index in [-0.39, 0.29) is 0 Å². The van der Waals surface area contributed by atoms with Crippen molar-refractivity contribution in [3.63, 3.8) is 0 Å². The zero-order chi connectivity index (χ0) is 41.9. The fraction of sp³-hybridized carbons (Fsp3) is 0. The van der Waals surface area contributed by atoms with Crippen molar-refractivity contribution in [2.24, 2.45) is 0 Å². The van der Waals surface area contributed by atoms with Gasteiger partial charge in [0.05, 0.1) is 66.2 Å². The first-order valence-electron chi connectivity index (χ1n) is 21.5. The predicted molar refractivity (Wildman–Crippen MR) is 260 cm³/mol. The number of benzene rings is 6. The average molecular weight is 819 g/mol. The van der Waals surface area contributed by atoms with Gasteiger partial charge in [-0.25, -0.2) is 0 Å². The summed E-state index contributed by atoms with van der Waals surface area (Å²) >= 11 is 0. The molecule has 14 aromatic rings. The predicted octanol–water partition coefficient (Wildman–Crippen LogP) is 13.3. The molecule has 0 fully saturated rings. The molecule has 0 aliphatic rings. The Morgan fingerprint density at radius 3 is 0.734 bits per heavy atom. The van der Waals surface area contributed by atoms with Gasteiger partial charge in [0.15, 0.2) is 0 Å². The summed E-state index contributed by atoms with van der Waals surface area (Å²) in [6.45, 7) is 0. The van der Waals surface area contributed by atoms with Gasteiger partial charge in [-0.05, 0) is 120 Å². The van der Waals surface area contributed by atoms with Gasteiger partial charge in [0, 0.05) is 69.1 Å². The number of aromatic nitrogens is 8. The molecule has 64 heavy (non-hydrogen) atoms. The molecule has 0 bridgehead atoms. The molecule has 8 heterocycles. The second-order valence-electron chi connectivity index (χ2n) is 16.4. The highest BCUT2D eigenvalue weighted by Crippen LogP contribution is 2.40. The molecular weight excluding hydrogens is 785 g/mol. The van der Waals surface area contributed by atoms with Gasteiger partial charge < -0.3 is 18.3 Å². The van der Waals surface area contributed by atoms with Crippen LogP contribution in [0.3, 0.4) is 0 Å². The Balaban J connectivity index is 1.13. The Hall–Kier alpha value is -8.88.